The van der Waals surface area contributed by atoms with Crippen molar-refractivity contribution in [2.45, 2.75) is 6.42 Å². The first-order valence-corrected chi connectivity index (χ1v) is 7.33. The Hall–Kier alpha value is -2.88. The number of benzene rings is 2. The van der Waals surface area contributed by atoms with Crippen LogP contribution < -0.4 is 4.90 Å². The minimum atomic E-state index is 0.0407. The van der Waals surface area contributed by atoms with Crippen molar-refractivity contribution in [3.63, 3.8) is 0 Å². The van der Waals surface area contributed by atoms with Crippen molar-refractivity contribution in [3.8, 4) is 5.69 Å². The van der Waals surface area contributed by atoms with Gasteiger partial charge in [0.25, 0.3) is 5.91 Å². The van der Waals surface area contributed by atoms with E-state index in [1.54, 1.807) is 10.9 Å². The van der Waals surface area contributed by atoms with Crippen LogP contribution in [0.2, 0.25) is 0 Å². The SMILES string of the molecule is O=C(c1cccc(-n2cccn2)c1)N1CCc2ccccc21. The van der Waals surface area contributed by atoms with Gasteiger partial charge in [0.1, 0.15) is 0 Å². The molecule has 0 spiro atoms. The summed E-state index contributed by atoms with van der Waals surface area (Å²) >= 11 is 0. The first-order valence-electron chi connectivity index (χ1n) is 7.33. The van der Waals surface area contributed by atoms with Gasteiger partial charge in [-0.15, -0.1) is 0 Å². The standard InChI is InChI=1S/C18H15N3O/c22-18(20-12-9-14-5-1-2-8-17(14)20)15-6-3-7-16(13-15)21-11-4-10-19-21/h1-8,10-11,13H,9,12H2. The van der Waals surface area contributed by atoms with E-state index in [2.05, 4.69) is 11.2 Å². The second-order valence-corrected chi connectivity index (χ2v) is 5.34. The Labute approximate surface area is 128 Å². The number of hydrogen-bond acceptors (Lipinski definition) is 2. The average Bonchev–Trinajstić information content (AvgIpc) is 3.24. The molecule has 2 aromatic carbocycles. The predicted molar refractivity (Wildman–Crippen MR) is 85.4 cm³/mol. The van der Waals surface area contributed by atoms with Gasteiger partial charge in [0, 0.05) is 30.2 Å². The van der Waals surface area contributed by atoms with E-state index in [-0.39, 0.29) is 5.91 Å². The molecular formula is C18H15N3O. The minimum Gasteiger partial charge on any atom is -0.308 e. The summed E-state index contributed by atoms with van der Waals surface area (Å²) in [7, 11) is 0. The van der Waals surface area contributed by atoms with Gasteiger partial charge in [-0.2, -0.15) is 5.10 Å². The van der Waals surface area contributed by atoms with Crippen molar-refractivity contribution >= 4 is 11.6 Å². The van der Waals surface area contributed by atoms with Crippen LogP contribution in [0.4, 0.5) is 5.69 Å². The third-order valence-electron chi connectivity index (χ3n) is 3.99. The Morgan fingerprint density at radius 3 is 2.82 bits per heavy atom. The number of rotatable bonds is 2. The summed E-state index contributed by atoms with van der Waals surface area (Å²) in [5.41, 5.74) is 3.84. The fourth-order valence-corrected chi connectivity index (χ4v) is 2.91. The highest BCUT2D eigenvalue weighted by molar-refractivity contribution is 6.07. The number of amides is 1. The van der Waals surface area contributed by atoms with Crippen LogP contribution in [0.1, 0.15) is 15.9 Å². The number of nitrogens with zero attached hydrogens (tertiary/aromatic N) is 3. The van der Waals surface area contributed by atoms with Crippen molar-refractivity contribution in [2.24, 2.45) is 0 Å². The Bertz CT molecular complexity index is 824. The summed E-state index contributed by atoms with van der Waals surface area (Å²) < 4.78 is 1.76. The summed E-state index contributed by atoms with van der Waals surface area (Å²) in [6, 6.07) is 17.5. The molecule has 0 bridgehead atoms. The molecular weight excluding hydrogens is 274 g/mol. The van der Waals surface area contributed by atoms with Gasteiger partial charge in [0.2, 0.25) is 0 Å². The van der Waals surface area contributed by atoms with Crippen LogP contribution in [0.15, 0.2) is 67.0 Å². The van der Waals surface area contributed by atoms with E-state index in [4.69, 9.17) is 0 Å². The van der Waals surface area contributed by atoms with Crippen molar-refractivity contribution in [2.75, 3.05) is 11.4 Å². The van der Waals surface area contributed by atoms with E-state index in [1.165, 1.54) is 5.56 Å². The van der Waals surface area contributed by atoms with Gasteiger partial charge in [-0.3, -0.25) is 4.79 Å². The molecule has 0 aliphatic carbocycles. The number of anilines is 1. The zero-order valence-electron chi connectivity index (χ0n) is 12.0. The van der Waals surface area contributed by atoms with E-state index >= 15 is 0 Å². The van der Waals surface area contributed by atoms with Gasteiger partial charge in [-0.1, -0.05) is 24.3 Å². The molecule has 0 radical (unpaired) electrons. The topological polar surface area (TPSA) is 38.1 Å². The van der Waals surface area contributed by atoms with Crippen LogP contribution in [0, 0.1) is 0 Å². The maximum atomic E-state index is 12.8. The molecule has 3 aromatic rings. The zero-order chi connectivity index (χ0) is 14.9. The van der Waals surface area contributed by atoms with Crippen molar-refractivity contribution in [3.05, 3.63) is 78.1 Å². The Morgan fingerprint density at radius 1 is 1.05 bits per heavy atom. The molecule has 0 saturated carbocycles. The van der Waals surface area contributed by atoms with Crippen molar-refractivity contribution in [1.82, 2.24) is 9.78 Å². The zero-order valence-corrected chi connectivity index (χ0v) is 12.0. The summed E-state index contributed by atoms with van der Waals surface area (Å²) in [5.74, 6) is 0.0407. The molecule has 108 valence electrons. The van der Waals surface area contributed by atoms with Crippen molar-refractivity contribution in [1.29, 1.82) is 0 Å². The lowest BCUT2D eigenvalue weighted by molar-refractivity contribution is 0.0989. The molecule has 0 N–H and O–H groups in total. The van der Waals surface area contributed by atoms with Crippen LogP contribution in [0.25, 0.3) is 5.69 Å². The van der Waals surface area contributed by atoms with E-state index in [1.807, 2.05) is 59.6 Å². The first kappa shape index (κ1) is 12.8. The second-order valence-electron chi connectivity index (χ2n) is 5.34. The normalized spacial score (nSPS) is 13.2. The highest BCUT2D eigenvalue weighted by Gasteiger charge is 2.25. The average molecular weight is 289 g/mol. The van der Waals surface area contributed by atoms with E-state index < -0.39 is 0 Å². The Kier molecular flexibility index (Phi) is 3.00. The molecule has 4 heteroatoms. The maximum absolute atomic E-state index is 12.8. The van der Waals surface area contributed by atoms with Gasteiger partial charge >= 0.3 is 0 Å². The molecule has 0 unspecified atom stereocenters. The van der Waals surface area contributed by atoms with Crippen LogP contribution in [0.5, 0.6) is 0 Å². The predicted octanol–water partition coefficient (Wildman–Crippen LogP) is 3.08. The van der Waals surface area contributed by atoms with Crippen LogP contribution in [0.3, 0.4) is 0 Å². The Balaban J connectivity index is 1.68. The summed E-state index contributed by atoms with van der Waals surface area (Å²) in [6.45, 7) is 0.740. The number of para-hydroxylation sites is 1. The lowest BCUT2D eigenvalue weighted by Crippen LogP contribution is -2.28. The van der Waals surface area contributed by atoms with E-state index in [0.717, 1.165) is 24.3 Å². The highest BCUT2D eigenvalue weighted by atomic mass is 16.2. The fourth-order valence-electron chi connectivity index (χ4n) is 2.91. The molecule has 22 heavy (non-hydrogen) atoms. The molecule has 1 aliphatic heterocycles. The molecule has 0 fully saturated rings. The second kappa shape index (κ2) is 5.15. The number of fused-ring (bicyclic) bond motifs is 1. The highest BCUT2D eigenvalue weighted by Crippen LogP contribution is 2.29. The number of carbonyl (C=O) groups excluding carboxylic acids is 1. The summed E-state index contributed by atoms with van der Waals surface area (Å²) in [6.07, 6.45) is 4.51. The van der Waals surface area contributed by atoms with Gasteiger partial charge < -0.3 is 4.90 Å². The smallest absolute Gasteiger partial charge is 0.258 e. The number of aromatic nitrogens is 2. The quantitative estimate of drug-likeness (QED) is 0.727. The lowest BCUT2D eigenvalue weighted by atomic mass is 10.1. The van der Waals surface area contributed by atoms with Crippen LogP contribution >= 0.6 is 0 Å². The van der Waals surface area contributed by atoms with E-state index in [9.17, 15) is 4.79 Å². The lowest BCUT2D eigenvalue weighted by Gasteiger charge is -2.17. The Morgan fingerprint density at radius 2 is 1.95 bits per heavy atom. The molecule has 4 rings (SSSR count). The molecule has 0 saturated heterocycles. The fraction of sp³-hybridized carbons (Fsp3) is 0.111. The largest absolute Gasteiger partial charge is 0.308 e. The summed E-state index contributed by atoms with van der Waals surface area (Å²) in [5, 5.41) is 4.21. The summed E-state index contributed by atoms with van der Waals surface area (Å²) in [4.78, 5) is 14.7. The maximum Gasteiger partial charge on any atom is 0.258 e. The van der Waals surface area contributed by atoms with Gasteiger partial charge in [-0.05, 0) is 42.3 Å². The third kappa shape index (κ3) is 2.09. The minimum absolute atomic E-state index is 0.0407. The molecule has 4 nitrogen and oxygen atoms in total. The van der Waals surface area contributed by atoms with Crippen LogP contribution in [-0.2, 0) is 6.42 Å². The molecule has 1 aliphatic rings. The van der Waals surface area contributed by atoms with E-state index in [0.29, 0.717) is 5.56 Å². The number of carbonyl (C=O) groups is 1. The number of hydrogen-bond donors (Lipinski definition) is 0. The van der Waals surface area contributed by atoms with Gasteiger partial charge in [0.05, 0.1) is 5.69 Å². The molecule has 1 amide bonds. The van der Waals surface area contributed by atoms with Gasteiger partial charge in [-0.25, -0.2) is 4.68 Å². The molecule has 0 atom stereocenters. The monoisotopic (exact) mass is 289 g/mol. The molecule has 1 aromatic heterocycles. The third-order valence-corrected chi connectivity index (χ3v) is 3.99. The first-order chi connectivity index (χ1) is 10.8. The van der Waals surface area contributed by atoms with Crippen LogP contribution in [-0.4, -0.2) is 22.2 Å². The van der Waals surface area contributed by atoms with Crippen molar-refractivity contribution < 1.29 is 4.79 Å². The molecule has 2 heterocycles. The van der Waals surface area contributed by atoms with Gasteiger partial charge in [0.15, 0.2) is 0 Å².